The molecule has 94 valence electrons. The maximum Gasteiger partial charge on any atom is 0.120 e. The highest BCUT2D eigenvalue weighted by Gasteiger charge is 2.49. The maximum atomic E-state index is 6.08. The Morgan fingerprint density at radius 2 is 2.24 bits per heavy atom. The van der Waals surface area contributed by atoms with E-state index >= 15 is 0 Å². The summed E-state index contributed by atoms with van der Waals surface area (Å²) in [5.41, 5.74) is 0.220. The van der Waals surface area contributed by atoms with Gasteiger partial charge in [0, 0.05) is 21.4 Å². The van der Waals surface area contributed by atoms with Crippen LogP contribution < -0.4 is 10.1 Å². The third-order valence-electron chi connectivity index (χ3n) is 3.70. The van der Waals surface area contributed by atoms with Crippen molar-refractivity contribution in [1.29, 1.82) is 0 Å². The van der Waals surface area contributed by atoms with Crippen LogP contribution in [0, 0.1) is 8.99 Å². The molecule has 0 saturated heterocycles. The Labute approximate surface area is 117 Å². The van der Waals surface area contributed by atoms with Crippen molar-refractivity contribution in [3.63, 3.8) is 0 Å². The van der Waals surface area contributed by atoms with Crippen LogP contribution in [-0.2, 0) is 0 Å². The molecule has 1 saturated carbocycles. The Hall–Kier alpha value is -0.290. The summed E-state index contributed by atoms with van der Waals surface area (Å²) in [6, 6.07) is 8.85. The molecule has 1 aromatic carbocycles. The maximum absolute atomic E-state index is 6.08. The highest BCUT2D eigenvalue weighted by Crippen LogP contribution is 2.43. The van der Waals surface area contributed by atoms with Gasteiger partial charge in [0.05, 0.1) is 0 Å². The second-order valence-electron chi connectivity index (χ2n) is 5.23. The molecule has 0 amide bonds. The smallest absolute Gasteiger partial charge is 0.120 e. The molecule has 1 fully saturated rings. The Morgan fingerprint density at radius 1 is 1.47 bits per heavy atom. The van der Waals surface area contributed by atoms with Gasteiger partial charge in [0.2, 0.25) is 0 Å². The number of benzene rings is 1. The van der Waals surface area contributed by atoms with Gasteiger partial charge in [-0.3, -0.25) is 0 Å². The van der Waals surface area contributed by atoms with E-state index in [1.807, 2.05) is 12.1 Å². The van der Waals surface area contributed by atoms with Gasteiger partial charge < -0.3 is 10.1 Å². The molecule has 1 N–H and O–H groups in total. The normalized spacial score (nSPS) is 26.4. The average molecular weight is 345 g/mol. The second-order valence-corrected chi connectivity index (χ2v) is 6.48. The van der Waals surface area contributed by atoms with E-state index in [0.29, 0.717) is 12.1 Å². The molecule has 0 aliphatic heterocycles. The molecule has 3 heteroatoms. The molecule has 2 nitrogen and oxygen atoms in total. The van der Waals surface area contributed by atoms with Crippen LogP contribution in [0.2, 0.25) is 0 Å². The van der Waals surface area contributed by atoms with Crippen molar-refractivity contribution in [3.05, 3.63) is 27.8 Å². The van der Waals surface area contributed by atoms with E-state index in [4.69, 9.17) is 4.74 Å². The summed E-state index contributed by atoms with van der Waals surface area (Å²) in [7, 11) is 0. The number of ether oxygens (including phenoxy) is 1. The van der Waals surface area contributed by atoms with Gasteiger partial charge in [0.1, 0.15) is 11.9 Å². The first kappa shape index (κ1) is 13.1. The van der Waals surface area contributed by atoms with Crippen molar-refractivity contribution in [3.8, 4) is 5.75 Å². The first-order valence-corrected chi connectivity index (χ1v) is 7.27. The van der Waals surface area contributed by atoms with Gasteiger partial charge in [-0.05, 0) is 47.3 Å². The molecule has 17 heavy (non-hydrogen) atoms. The van der Waals surface area contributed by atoms with E-state index in [-0.39, 0.29) is 5.41 Å². The van der Waals surface area contributed by atoms with Gasteiger partial charge in [-0.1, -0.05) is 26.8 Å². The molecule has 2 unspecified atom stereocenters. The SMILES string of the molecule is CCNC1CC(Oc2cccc(I)c2)C1(C)C. The van der Waals surface area contributed by atoms with Crippen molar-refractivity contribution < 1.29 is 4.74 Å². The van der Waals surface area contributed by atoms with Crippen LogP contribution in [0.1, 0.15) is 27.2 Å². The van der Waals surface area contributed by atoms with Crippen LogP contribution in [0.4, 0.5) is 0 Å². The third kappa shape index (κ3) is 2.76. The number of rotatable bonds is 4. The van der Waals surface area contributed by atoms with Crippen LogP contribution >= 0.6 is 22.6 Å². The summed E-state index contributed by atoms with van der Waals surface area (Å²) in [5.74, 6) is 0.991. The molecule has 1 aliphatic rings. The zero-order valence-electron chi connectivity index (χ0n) is 10.7. The van der Waals surface area contributed by atoms with Gasteiger partial charge >= 0.3 is 0 Å². The van der Waals surface area contributed by atoms with Crippen molar-refractivity contribution >= 4 is 22.6 Å². The molecule has 0 heterocycles. The minimum atomic E-state index is 0.220. The number of halogens is 1. The van der Waals surface area contributed by atoms with Crippen LogP contribution in [-0.4, -0.2) is 18.7 Å². The molecule has 0 radical (unpaired) electrons. The van der Waals surface area contributed by atoms with Crippen molar-refractivity contribution in [1.82, 2.24) is 5.32 Å². The lowest BCUT2D eigenvalue weighted by Crippen LogP contribution is -2.62. The minimum Gasteiger partial charge on any atom is -0.490 e. The zero-order chi connectivity index (χ0) is 12.5. The standard InChI is InChI=1S/C14H20INO/c1-4-16-12-9-13(14(12,2)3)17-11-7-5-6-10(15)8-11/h5-8,12-13,16H,4,9H2,1-3H3. The van der Waals surface area contributed by atoms with Crippen LogP contribution in [0.3, 0.4) is 0 Å². The largest absolute Gasteiger partial charge is 0.490 e. The summed E-state index contributed by atoms with van der Waals surface area (Å²) >= 11 is 2.32. The predicted molar refractivity (Wildman–Crippen MR) is 79.4 cm³/mol. The van der Waals surface area contributed by atoms with Crippen LogP contribution in [0.5, 0.6) is 5.75 Å². The van der Waals surface area contributed by atoms with E-state index < -0.39 is 0 Å². The Balaban J connectivity index is 1.98. The minimum absolute atomic E-state index is 0.220. The molecule has 2 rings (SSSR count). The van der Waals surface area contributed by atoms with E-state index in [9.17, 15) is 0 Å². The van der Waals surface area contributed by atoms with Gasteiger partial charge in [-0.15, -0.1) is 0 Å². The Bertz CT molecular complexity index is 392. The average Bonchev–Trinajstić information content (AvgIpc) is 2.28. The Kier molecular flexibility index (Phi) is 3.98. The monoisotopic (exact) mass is 345 g/mol. The van der Waals surface area contributed by atoms with Crippen LogP contribution in [0.25, 0.3) is 0 Å². The van der Waals surface area contributed by atoms with E-state index in [2.05, 4.69) is 60.8 Å². The fourth-order valence-electron chi connectivity index (χ4n) is 2.38. The van der Waals surface area contributed by atoms with Gasteiger partial charge in [0.15, 0.2) is 0 Å². The van der Waals surface area contributed by atoms with Gasteiger partial charge in [-0.25, -0.2) is 0 Å². The third-order valence-corrected chi connectivity index (χ3v) is 4.37. The van der Waals surface area contributed by atoms with E-state index in [1.54, 1.807) is 0 Å². The second kappa shape index (κ2) is 5.14. The van der Waals surface area contributed by atoms with Crippen LogP contribution in [0.15, 0.2) is 24.3 Å². The molecule has 1 aliphatic carbocycles. The van der Waals surface area contributed by atoms with Crippen molar-refractivity contribution in [2.75, 3.05) is 6.54 Å². The molecule has 0 bridgehead atoms. The van der Waals surface area contributed by atoms with Gasteiger partial charge in [-0.2, -0.15) is 0 Å². The van der Waals surface area contributed by atoms with Gasteiger partial charge in [0.25, 0.3) is 0 Å². The summed E-state index contributed by atoms with van der Waals surface area (Å²) in [6.07, 6.45) is 1.43. The zero-order valence-corrected chi connectivity index (χ0v) is 12.8. The molecule has 1 aromatic rings. The molecular weight excluding hydrogens is 325 g/mol. The summed E-state index contributed by atoms with van der Waals surface area (Å²) < 4.78 is 7.30. The van der Waals surface area contributed by atoms with E-state index in [1.165, 1.54) is 3.57 Å². The number of nitrogens with one attached hydrogen (secondary N) is 1. The molecular formula is C14H20INO. The van der Waals surface area contributed by atoms with E-state index in [0.717, 1.165) is 18.7 Å². The topological polar surface area (TPSA) is 21.3 Å². The quantitative estimate of drug-likeness (QED) is 0.844. The number of hydrogen-bond donors (Lipinski definition) is 1. The fraction of sp³-hybridized carbons (Fsp3) is 0.571. The number of hydrogen-bond acceptors (Lipinski definition) is 2. The first-order chi connectivity index (χ1) is 8.04. The van der Waals surface area contributed by atoms with Crippen molar-refractivity contribution in [2.45, 2.75) is 39.3 Å². The molecule has 2 atom stereocenters. The Morgan fingerprint density at radius 3 is 2.82 bits per heavy atom. The molecule has 0 spiro atoms. The predicted octanol–water partition coefficient (Wildman–Crippen LogP) is 3.45. The van der Waals surface area contributed by atoms with Crippen molar-refractivity contribution in [2.24, 2.45) is 5.41 Å². The highest BCUT2D eigenvalue weighted by molar-refractivity contribution is 14.1. The highest BCUT2D eigenvalue weighted by atomic mass is 127. The summed E-state index contributed by atoms with van der Waals surface area (Å²) in [4.78, 5) is 0. The molecule has 0 aromatic heterocycles. The summed E-state index contributed by atoms with van der Waals surface area (Å²) in [6.45, 7) is 7.75. The first-order valence-electron chi connectivity index (χ1n) is 6.19. The lowest BCUT2D eigenvalue weighted by molar-refractivity contribution is -0.0541. The lowest BCUT2D eigenvalue weighted by Gasteiger charge is -2.51. The summed E-state index contributed by atoms with van der Waals surface area (Å²) in [5, 5.41) is 3.52. The lowest BCUT2D eigenvalue weighted by atomic mass is 9.64. The fourth-order valence-corrected chi connectivity index (χ4v) is 2.90.